The highest BCUT2D eigenvalue weighted by Gasteiger charge is 2.29. The summed E-state index contributed by atoms with van der Waals surface area (Å²) in [5.41, 5.74) is 18.3. The van der Waals surface area contributed by atoms with Gasteiger partial charge in [-0.2, -0.15) is 10.2 Å². The molecule has 0 unspecified atom stereocenters. The normalized spacial score (nSPS) is 13.4. The first-order valence-electron chi connectivity index (χ1n) is 17.4. The predicted molar refractivity (Wildman–Crippen MR) is 201 cm³/mol. The lowest BCUT2D eigenvalue weighted by Gasteiger charge is -2.17. The van der Waals surface area contributed by atoms with Crippen LogP contribution in [0.25, 0.3) is 21.1 Å². The fourth-order valence-electron chi connectivity index (χ4n) is 6.34. The second kappa shape index (κ2) is 16.1. The van der Waals surface area contributed by atoms with Crippen molar-refractivity contribution in [3.05, 3.63) is 93.0 Å². The zero-order chi connectivity index (χ0) is 39.7. The number of hydrogen-bond donors (Lipinski definition) is 2. The maximum Gasteiger partial charge on any atom is 0.257 e. The first-order valence-corrected chi connectivity index (χ1v) is 19.0. The lowest BCUT2D eigenvalue weighted by atomic mass is 10.2. The van der Waals surface area contributed by atoms with Crippen LogP contribution in [0.1, 0.15) is 43.9 Å². The Morgan fingerprint density at radius 2 is 1.27 bits per heavy atom. The minimum Gasteiger partial charge on any atom is -0.397 e. The molecule has 8 rings (SSSR count). The number of nitrogens with zero attached hydrogens (tertiary/aromatic N) is 10. The number of pyridine rings is 2. The lowest BCUT2D eigenvalue weighted by Crippen LogP contribution is -2.28. The van der Waals surface area contributed by atoms with Crippen molar-refractivity contribution >= 4 is 45.9 Å². The first-order chi connectivity index (χ1) is 26.8. The van der Waals surface area contributed by atoms with Crippen molar-refractivity contribution in [2.45, 2.75) is 78.8 Å². The average molecular weight is 809 g/mol. The van der Waals surface area contributed by atoms with Crippen molar-refractivity contribution in [1.82, 2.24) is 49.3 Å². The molecule has 0 radical (unpaired) electrons. The van der Waals surface area contributed by atoms with Gasteiger partial charge in [0.15, 0.2) is 0 Å². The Hall–Kier alpha value is -5.76. The molecule has 4 N–H and O–H groups in total. The van der Waals surface area contributed by atoms with E-state index < -0.39 is 25.9 Å². The van der Waals surface area contributed by atoms with Gasteiger partial charge in [-0.1, -0.05) is 0 Å². The Morgan fingerprint density at radius 3 is 1.77 bits per heavy atom. The van der Waals surface area contributed by atoms with Gasteiger partial charge in [-0.3, -0.25) is 19.0 Å². The number of aromatic nitrogens is 8. The summed E-state index contributed by atoms with van der Waals surface area (Å²) in [4.78, 5) is 48.1. The van der Waals surface area contributed by atoms with Crippen molar-refractivity contribution in [2.24, 2.45) is 0 Å². The number of nitrogen functional groups attached to an aromatic ring is 2. The van der Waals surface area contributed by atoms with Gasteiger partial charge in [0, 0.05) is 42.8 Å². The van der Waals surface area contributed by atoms with Gasteiger partial charge < -0.3 is 21.3 Å². The number of halogens is 4. The maximum atomic E-state index is 12.8. The fourth-order valence-corrected chi connectivity index (χ4v) is 7.84. The summed E-state index contributed by atoms with van der Waals surface area (Å²) >= 11 is 3.04. The summed E-state index contributed by atoms with van der Waals surface area (Å²) in [6.07, 6.45) is 1.79. The van der Waals surface area contributed by atoms with Crippen LogP contribution in [0.4, 0.5) is 28.9 Å². The number of alkyl halides is 4. The van der Waals surface area contributed by atoms with E-state index in [-0.39, 0.29) is 31.2 Å². The molecule has 0 atom stereocenters. The summed E-state index contributed by atoms with van der Waals surface area (Å²) in [7, 11) is 0. The molecular weight excluding hydrogens is 773 g/mol. The van der Waals surface area contributed by atoms with Gasteiger partial charge in [-0.15, -0.1) is 22.7 Å². The van der Waals surface area contributed by atoms with E-state index in [1.807, 2.05) is 19.9 Å². The van der Waals surface area contributed by atoms with E-state index in [1.165, 1.54) is 32.0 Å². The van der Waals surface area contributed by atoms with Gasteiger partial charge in [-0.25, -0.2) is 37.5 Å². The number of carbonyl (C=O) groups excluding carboxylic acids is 2. The molecule has 0 aliphatic carbocycles. The molecule has 14 nitrogen and oxygen atoms in total. The Labute approximate surface area is 325 Å². The molecule has 2 amide bonds. The SMILES string of the molecule is Cc1ncc(-c2ccc(N)c(CC(=O)N3Cc4cn(CC(F)F)nc4C3)n2)s1.Cc1ncc(-c2ccc(N)c(CC(=O)N3Cc4cnn(CC(F)F)c4C3)n2)s1. The number of rotatable bonds is 10. The van der Waals surface area contributed by atoms with Crippen LogP contribution < -0.4 is 11.5 Å². The number of nitrogens with two attached hydrogens (primary N) is 2. The van der Waals surface area contributed by atoms with Crippen LogP contribution >= 0.6 is 22.7 Å². The number of fused-ring (bicyclic) bond motifs is 2. The molecule has 0 saturated carbocycles. The number of aryl methyl sites for hydroxylation is 2. The van der Waals surface area contributed by atoms with Crippen LogP contribution in [0.3, 0.4) is 0 Å². The second-order valence-electron chi connectivity index (χ2n) is 13.2. The van der Waals surface area contributed by atoms with Gasteiger partial charge in [0.05, 0.1) is 97.4 Å². The first kappa shape index (κ1) is 38.5. The van der Waals surface area contributed by atoms with Crippen LogP contribution in [0, 0.1) is 13.8 Å². The van der Waals surface area contributed by atoms with Gasteiger partial charge in [0.1, 0.15) is 13.1 Å². The molecule has 6 aromatic rings. The van der Waals surface area contributed by atoms with Crippen LogP contribution in [-0.2, 0) is 61.7 Å². The number of thiazole rings is 2. The standard InChI is InChI=1S/2C18H18F2N6OS/c1-10-22-5-16(28-10)13-3-2-12(21)14(23-13)4-18(27)25-6-11-7-26(9-17(19)20)24-15(11)8-25;1-10-22-6-16(28-10)13-3-2-12(21)14(24-13)4-18(27)25-7-11-5-23-26(9-17(19)20)15(11)8-25/h2-3,5,7,17H,4,6,8-9,21H2,1H3;2-3,5-6,17H,4,7-9,21H2,1H3. The second-order valence-corrected chi connectivity index (χ2v) is 15.7. The third kappa shape index (κ3) is 8.70. The molecule has 0 spiro atoms. The molecule has 2 aliphatic heterocycles. The topological polar surface area (TPSA) is 180 Å². The van der Waals surface area contributed by atoms with E-state index >= 15 is 0 Å². The summed E-state index contributed by atoms with van der Waals surface area (Å²) in [5.74, 6) is -0.285. The predicted octanol–water partition coefficient (Wildman–Crippen LogP) is 5.28. The highest BCUT2D eigenvalue weighted by molar-refractivity contribution is 7.15. The number of amides is 2. The number of anilines is 2. The smallest absolute Gasteiger partial charge is 0.257 e. The Morgan fingerprint density at radius 1 is 0.732 bits per heavy atom. The van der Waals surface area contributed by atoms with Crippen LogP contribution in [0.5, 0.6) is 0 Å². The third-order valence-corrected chi connectivity index (χ3v) is 11.0. The van der Waals surface area contributed by atoms with E-state index in [9.17, 15) is 27.2 Å². The Kier molecular flexibility index (Phi) is 11.1. The van der Waals surface area contributed by atoms with E-state index in [0.29, 0.717) is 53.8 Å². The minimum absolute atomic E-state index is 0.0456. The number of hydrogen-bond acceptors (Lipinski definition) is 12. The van der Waals surface area contributed by atoms with Crippen LogP contribution in [-0.4, -0.2) is 74.0 Å². The molecule has 0 saturated heterocycles. The van der Waals surface area contributed by atoms with Crippen molar-refractivity contribution in [2.75, 3.05) is 11.5 Å². The molecule has 2 aliphatic rings. The van der Waals surface area contributed by atoms with E-state index in [1.54, 1.807) is 52.8 Å². The summed E-state index contributed by atoms with van der Waals surface area (Å²) < 4.78 is 52.8. The lowest BCUT2D eigenvalue weighted by molar-refractivity contribution is -0.132. The van der Waals surface area contributed by atoms with Crippen molar-refractivity contribution in [3.8, 4) is 21.1 Å². The number of carbonyl (C=O) groups is 2. The molecule has 56 heavy (non-hydrogen) atoms. The summed E-state index contributed by atoms with van der Waals surface area (Å²) in [6, 6.07) is 7.10. The van der Waals surface area contributed by atoms with Crippen molar-refractivity contribution < 1.29 is 27.2 Å². The highest BCUT2D eigenvalue weighted by Crippen LogP contribution is 2.29. The van der Waals surface area contributed by atoms with Gasteiger partial charge in [0.2, 0.25) is 11.8 Å². The zero-order valence-corrected chi connectivity index (χ0v) is 31.8. The van der Waals surface area contributed by atoms with Gasteiger partial charge in [-0.05, 0) is 38.1 Å². The zero-order valence-electron chi connectivity index (χ0n) is 30.2. The molecule has 8 heterocycles. The van der Waals surface area contributed by atoms with Gasteiger partial charge >= 0.3 is 0 Å². The minimum atomic E-state index is -2.49. The fraction of sp³-hybridized carbons (Fsp3) is 0.333. The highest BCUT2D eigenvalue weighted by atomic mass is 32.1. The Bertz CT molecular complexity index is 2370. The molecular formula is C36H36F4N12O2S2. The molecule has 0 aromatic carbocycles. The molecule has 0 fully saturated rings. The van der Waals surface area contributed by atoms with Crippen molar-refractivity contribution in [3.63, 3.8) is 0 Å². The molecule has 292 valence electrons. The monoisotopic (exact) mass is 808 g/mol. The molecule has 20 heteroatoms. The quantitative estimate of drug-likeness (QED) is 0.173. The summed E-state index contributed by atoms with van der Waals surface area (Å²) in [6.45, 7) is 4.19. The van der Waals surface area contributed by atoms with Crippen molar-refractivity contribution in [1.29, 1.82) is 0 Å². The van der Waals surface area contributed by atoms with Crippen LogP contribution in [0.15, 0.2) is 49.1 Å². The largest absolute Gasteiger partial charge is 0.397 e. The Balaban J connectivity index is 0.000000172. The third-order valence-electron chi connectivity index (χ3n) is 9.11. The average Bonchev–Trinajstić information content (AvgIpc) is 3.99. The molecule has 6 aromatic heterocycles. The summed E-state index contributed by atoms with van der Waals surface area (Å²) in [5, 5.41) is 9.98. The van der Waals surface area contributed by atoms with Gasteiger partial charge in [0.25, 0.3) is 12.9 Å². The molecule has 0 bridgehead atoms. The van der Waals surface area contributed by atoms with E-state index in [2.05, 4.69) is 30.1 Å². The van der Waals surface area contributed by atoms with E-state index in [0.717, 1.165) is 42.3 Å². The maximum absolute atomic E-state index is 12.8. The van der Waals surface area contributed by atoms with Crippen LogP contribution in [0.2, 0.25) is 0 Å². The van der Waals surface area contributed by atoms with E-state index in [4.69, 9.17) is 11.5 Å².